The van der Waals surface area contributed by atoms with E-state index in [1.165, 1.54) is 19.2 Å². The van der Waals surface area contributed by atoms with Crippen LogP contribution < -0.4 is 10.2 Å². The summed E-state index contributed by atoms with van der Waals surface area (Å²) in [6.07, 6.45) is 0.622. The van der Waals surface area contributed by atoms with E-state index in [0.717, 1.165) is 5.69 Å². The van der Waals surface area contributed by atoms with Crippen LogP contribution in [0.3, 0.4) is 0 Å². The Morgan fingerprint density at radius 1 is 1.44 bits per heavy atom. The van der Waals surface area contributed by atoms with Gasteiger partial charge in [-0.3, -0.25) is 4.79 Å². The van der Waals surface area contributed by atoms with Gasteiger partial charge < -0.3 is 15.0 Å². The molecule has 1 aromatic rings. The summed E-state index contributed by atoms with van der Waals surface area (Å²) in [5.74, 6) is -0.528. The van der Waals surface area contributed by atoms with Crippen molar-refractivity contribution in [2.24, 2.45) is 0 Å². The van der Waals surface area contributed by atoms with Crippen molar-refractivity contribution in [2.75, 3.05) is 32.6 Å². The van der Waals surface area contributed by atoms with Crippen LogP contribution in [-0.4, -0.2) is 39.8 Å². The monoisotopic (exact) mass is 254 g/mol. The maximum Gasteiger partial charge on any atom is 0.322 e. The number of nitrogens with zero attached hydrogens (tertiary/aromatic N) is 1. The van der Waals surface area contributed by atoms with Gasteiger partial charge in [-0.1, -0.05) is 0 Å². The van der Waals surface area contributed by atoms with Crippen molar-refractivity contribution in [3.05, 3.63) is 30.1 Å². The van der Waals surface area contributed by atoms with E-state index >= 15 is 0 Å². The van der Waals surface area contributed by atoms with Crippen molar-refractivity contribution in [3.63, 3.8) is 0 Å². The summed E-state index contributed by atoms with van der Waals surface area (Å²) in [5, 5.41) is 2.91. The van der Waals surface area contributed by atoms with E-state index in [1.807, 2.05) is 11.9 Å². The number of ether oxygens (including phenoxy) is 1. The van der Waals surface area contributed by atoms with Gasteiger partial charge >= 0.3 is 5.97 Å². The summed E-state index contributed by atoms with van der Waals surface area (Å²) in [4.78, 5) is 13.3. The van der Waals surface area contributed by atoms with Gasteiger partial charge in [0, 0.05) is 19.3 Å². The van der Waals surface area contributed by atoms with E-state index in [4.69, 9.17) is 0 Å². The first-order valence-electron chi connectivity index (χ1n) is 5.80. The number of carbonyl (C=O) groups excluding carboxylic acids is 1. The molecule has 100 valence electrons. The summed E-state index contributed by atoms with van der Waals surface area (Å²) >= 11 is 0. The molecule has 1 unspecified atom stereocenters. The van der Waals surface area contributed by atoms with Crippen LogP contribution in [0.1, 0.15) is 6.42 Å². The predicted molar refractivity (Wildman–Crippen MR) is 69.2 cm³/mol. The number of esters is 1. The second kappa shape index (κ2) is 6.96. The third-order valence-corrected chi connectivity index (χ3v) is 2.85. The van der Waals surface area contributed by atoms with Crippen LogP contribution in [0.2, 0.25) is 0 Å². The number of rotatable bonds is 6. The minimum Gasteiger partial charge on any atom is -0.468 e. The molecule has 0 bridgehead atoms. The Hall–Kier alpha value is -1.62. The molecular formula is C13H19FN2O2. The topological polar surface area (TPSA) is 41.6 Å². The number of halogens is 1. The van der Waals surface area contributed by atoms with Crippen LogP contribution in [-0.2, 0) is 9.53 Å². The molecule has 0 aliphatic heterocycles. The number of hydrogen-bond acceptors (Lipinski definition) is 4. The number of likely N-dealkylation sites (N-methyl/N-ethyl adjacent to an activating group) is 1. The Kier molecular flexibility index (Phi) is 5.58. The number of nitrogens with one attached hydrogen (secondary N) is 1. The van der Waals surface area contributed by atoms with Crippen molar-refractivity contribution < 1.29 is 13.9 Å². The molecule has 18 heavy (non-hydrogen) atoms. The Morgan fingerprint density at radius 2 is 2.06 bits per heavy atom. The lowest BCUT2D eigenvalue weighted by molar-refractivity contribution is -0.143. The molecular weight excluding hydrogens is 235 g/mol. The van der Waals surface area contributed by atoms with Gasteiger partial charge in [0.25, 0.3) is 0 Å². The SMILES string of the molecule is CNC(CCN(C)c1ccc(F)cc1)C(=O)OC. The molecule has 0 aromatic heterocycles. The van der Waals surface area contributed by atoms with Crippen molar-refractivity contribution in [1.82, 2.24) is 5.32 Å². The average Bonchev–Trinajstić information content (AvgIpc) is 2.39. The minimum atomic E-state index is -0.321. The quantitative estimate of drug-likeness (QED) is 0.779. The van der Waals surface area contributed by atoms with Gasteiger partial charge in [0.05, 0.1) is 7.11 Å². The molecule has 0 aliphatic carbocycles. The third kappa shape index (κ3) is 4.00. The largest absolute Gasteiger partial charge is 0.468 e. The van der Waals surface area contributed by atoms with Crippen LogP contribution in [0, 0.1) is 5.82 Å². The molecule has 0 radical (unpaired) electrons. The Balaban J connectivity index is 2.52. The molecule has 1 aromatic carbocycles. The molecule has 0 amide bonds. The van der Waals surface area contributed by atoms with Crippen LogP contribution in [0.4, 0.5) is 10.1 Å². The summed E-state index contributed by atoms with van der Waals surface area (Å²) in [6.45, 7) is 0.673. The second-order valence-electron chi connectivity index (χ2n) is 4.05. The molecule has 5 heteroatoms. The molecule has 4 nitrogen and oxygen atoms in total. The van der Waals surface area contributed by atoms with Crippen LogP contribution in [0.15, 0.2) is 24.3 Å². The fourth-order valence-electron chi connectivity index (χ4n) is 1.67. The maximum atomic E-state index is 12.8. The maximum absolute atomic E-state index is 12.8. The van der Waals surface area contributed by atoms with Crippen LogP contribution >= 0.6 is 0 Å². The molecule has 1 atom stereocenters. The average molecular weight is 254 g/mol. The highest BCUT2D eigenvalue weighted by Gasteiger charge is 2.17. The first kappa shape index (κ1) is 14.4. The van der Waals surface area contributed by atoms with Gasteiger partial charge in [0.2, 0.25) is 0 Å². The van der Waals surface area contributed by atoms with Crippen LogP contribution in [0.5, 0.6) is 0 Å². The molecule has 1 N–H and O–H groups in total. The zero-order valence-electron chi connectivity index (χ0n) is 10.9. The number of benzene rings is 1. The van der Waals surface area contributed by atoms with Crippen molar-refractivity contribution >= 4 is 11.7 Å². The lowest BCUT2D eigenvalue weighted by Gasteiger charge is -2.22. The van der Waals surface area contributed by atoms with Gasteiger partial charge in [-0.15, -0.1) is 0 Å². The van der Waals surface area contributed by atoms with Gasteiger partial charge in [0.1, 0.15) is 11.9 Å². The molecule has 0 heterocycles. The highest BCUT2D eigenvalue weighted by atomic mass is 19.1. The molecule has 0 fully saturated rings. The fraction of sp³-hybridized carbons (Fsp3) is 0.462. The van der Waals surface area contributed by atoms with Gasteiger partial charge in [-0.2, -0.15) is 0 Å². The van der Waals surface area contributed by atoms with E-state index < -0.39 is 0 Å². The van der Waals surface area contributed by atoms with E-state index in [0.29, 0.717) is 13.0 Å². The summed E-state index contributed by atoms with van der Waals surface area (Å²) < 4.78 is 17.5. The number of hydrogen-bond donors (Lipinski definition) is 1. The summed E-state index contributed by atoms with van der Waals surface area (Å²) in [6, 6.07) is 5.94. The van der Waals surface area contributed by atoms with Crippen molar-refractivity contribution in [3.8, 4) is 0 Å². The van der Waals surface area contributed by atoms with Gasteiger partial charge in [-0.25, -0.2) is 4.39 Å². The molecule has 0 saturated carbocycles. The second-order valence-corrected chi connectivity index (χ2v) is 4.05. The molecule has 1 rings (SSSR count). The van der Waals surface area contributed by atoms with Gasteiger partial charge in [-0.05, 0) is 37.7 Å². The summed E-state index contributed by atoms with van der Waals surface area (Å²) in [7, 11) is 4.99. The summed E-state index contributed by atoms with van der Waals surface area (Å²) in [5.41, 5.74) is 0.913. The minimum absolute atomic E-state index is 0.255. The number of carbonyl (C=O) groups is 1. The Bertz CT molecular complexity index is 381. The van der Waals surface area contributed by atoms with E-state index in [2.05, 4.69) is 10.1 Å². The van der Waals surface area contributed by atoms with E-state index in [-0.39, 0.29) is 17.8 Å². The van der Waals surface area contributed by atoms with E-state index in [9.17, 15) is 9.18 Å². The highest BCUT2D eigenvalue weighted by Crippen LogP contribution is 2.13. The zero-order valence-corrected chi connectivity index (χ0v) is 10.9. The first-order chi connectivity index (χ1) is 8.58. The molecule has 0 spiro atoms. The normalized spacial score (nSPS) is 12.0. The lowest BCUT2D eigenvalue weighted by atomic mass is 10.2. The molecule has 0 saturated heterocycles. The van der Waals surface area contributed by atoms with E-state index in [1.54, 1.807) is 19.2 Å². The third-order valence-electron chi connectivity index (χ3n) is 2.85. The van der Waals surface area contributed by atoms with Gasteiger partial charge in [0.15, 0.2) is 0 Å². The lowest BCUT2D eigenvalue weighted by Crippen LogP contribution is -2.38. The first-order valence-corrected chi connectivity index (χ1v) is 5.80. The van der Waals surface area contributed by atoms with Crippen molar-refractivity contribution in [1.29, 1.82) is 0 Å². The predicted octanol–water partition coefficient (Wildman–Crippen LogP) is 1.41. The number of anilines is 1. The Morgan fingerprint density at radius 3 is 2.56 bits per heavy atom. The highest BCUT2D eigenvalue weighted by molar-refractivity contribution is 5.75. The van der Waals surface area contributed by atoms with Crippen LogP contribution in [0.25, 0.3) is 0 Å². The molecule has 0 aliphatic rings. The van der Waals surface area contributed by atoms with Crippen molar-refractivity contribution in [2.45, 2.75) is 12.5 Å². The fourth-order valence-corrected chi connectivity index (χ4v) is 1.67. The zero-order chi connectivity index (χ0) is 13.5. The standard InChI is InChI=1S/C13H19FN2O2/c1-15-12(13(17)18-3)8-9-16(2)11-6-4-10(14)5-7-11/h4-7,12,15H,8-9H2,1-3H3. The smallest absolute Gasteiger partial charge is 0.322 e. The number of methoxy groups -OCH3 is 1. The Labute approximate surface area is 107 Å².